The Morgan fingerprint density at radius 2 is 1.75 bits per heavy atom. The van der Waals surface area contributed by atoms with Crippen LogP contribution in [0.3, 0.4) is 0 Å². The Labute approximate surface area is 97.6 Å². The monoisotopic (exact) mass is 223 g/mol. The largest absolute Gasteiger partial charge is 0.497 e. The molecular formula is C13H21NO2. The van der Waals surface area contributed by atoms with E-state index in [-0.39, 0.29) is 5.54 Å². The van der Waals surface area contributed by atoms with Crippen molar-refractivity contribution in [1.82, 2.24) is 0 Å². The summed E-state index contributed by atoms with van der Waals surface area (Å²) in [7, 11) is 3.30. The summed E-state index contributed by atoms with van der Waals surface area (Å²) >= 11 is 0. The van der Waals surface area contributed by atoms with Gasteiger partial charge < -0.3 is 15.2 Å². The molecule has 0 aliphatic heterocycles. The van der Waals surface area contributed by atoms with E-state index in [1.54, 1.807) is 14.2 Å². The zero-order valence-corrected chi connectivity index (χ0v) is 10.5. The van der Waals surface area contributed by atoms with Crippen molar-refractivity contribution in [2.24, 2.45) is 5.73 Å². The summed E-state index contributed by atoms with van der Waals surface area (Å²) in [6, 6.07) is 5.79. The maximum atomic E-state index is 6.36. The molecule has 0 atom stereocenters. The number of ether oxygens (including phenoxy) is 2. The van der Waals surface area contributed by atoms with Gasteiger partial charge in [-0.2, -0.15) is 0 Å². The lowest BCUT2D eigenvalue weighted by Gasteiger charge is -2.29. The molecule has 0 aromatic heterocycles. The van der Waals surface area contributed by atoms with Gasteiger partial charge in [-0.25, -0.2) is 0 Å². The topological polar surface area (TPSA) is 44.5 Å². The number of nitrogens with two attached hydrogens (primary N) is 1. The van der Waals surface area contributed by atoms with Gasteiger partial charge in [0.15, 0.2) is 0 Å². The van der Waals surface area contributed by atoms with Crippen molar-refractivity contribution >= 4 is 0 Å². The third kappa shape index (κ3) is 2.30. The van der Waals surface area contributed by atoms with Gasteiger partial charge in [0, 0.05) is 17.2 Å². The second-order valence-electron chi connectivity index (χ2n) is 3.93. The summed E-state index contributed by atoms with van der Waals surface area (Å²) in [5.41, 5.74) is 7.09. The fourth-order valence-corrected chi connectivity index (χ4v) is 1.84. The summed E-state index contributed by atoms with van der Waals surface area (Å²) in [6.07, 6.45) is 1.76. The molecule has 1 rings (SSSR count). The second kappa shape index (κ2) is 5.21. The van der Waals surface area contributed by atoms with E-state index in [9.17, 15) is 0 Å². The molecule has 1 aromatic carbocycles. The van der Waals surface area contributed by atoms with E-state index in [0.29, 0.717) is 0 Å². The fraction of sp³-hybridized carbons (Fsp3) is 0.538. The Morgan fingerprint density at radius 3 is 2.19 bits per heavy atom. The Balaban J connectivity index is 3.22. The quantitative estimate of drug-likeness (QED) is 0.834. The van der Waals surface area contributed by atoms with Crippen LogP contribution in [-0.2, 0) is 5.54 Å². The molecule has 3 nitrogen and oxygen atoms in total. The molecule has 16 heavy (non-hydrogen) atoms. The van der Waals surface area contributed by atoms with Crippen LogP contribution in [0.2, 0.25) is 0 Å². The van der Waals surface area contributed by atoms with Gasteiger partial charge >= 0.3 is 0 Å². The number of rotatable bonds is 5. The van der Waals surface area contributed by atoms with Gasteiger partial charge in [0.2, 0.25) is 0 Å². The predicted molar refractivity (Wildman–Crippen MR) is 66.0 cm³/mol. The highest BCUT2D eigenvalue weighted by molar-refractivity contribution is 5.44. The van der Waals surface area contributed by atoms with Gasteiger partial charge in [-0.15, -0.1) is 0 Å². The third-order valence-electron chi connectivity index (χ3n) is 3.21. The molecule has 0 amide bonds. The van der Waals surface area contributed by atoms with Crippen molar-refractivity contribution in [1.29, 1.82) is 0 Å². The van der Waals surface area contributed by atoms with Crippen LogP contribution in [-0.4, -0.2) is 14.2 Å². The zero-order chi connectivity index (χ0) is 12.2. The molecule has 1 aromatic rings. The van der Waals surface area contributed by atoms with Crippen molar-refractivity contribution < 1.29 is 9.47 Å². The van der Waals surface area contributed by atoms with Crippen molar-refractivity contribution in [2.75, 3.05) is 14.2 Å². The smallest absolute Gasteiger partial charge is 0.127 e. The summed E-state index contributed by atoms with van der Waals surface area (Å²) < 4.78 is 10.5. The average Bonchev–Trinajstić information content (AvgIpc) is 2.37. The molecule has 0 aliphatic carbocycles. The molecule has 2 N–H and O–H groups in total. The van der Waals surface area contributed by atoms with E-state index < -0.39 is 0 Å². The molecule has 0 saturated heterocycles. The van der Waals surface area contributed by atoms with Gasteiger partial charge in [-0.1, -0.05) is 13.8 Å². The minimum absolute atomic E-state index is 0.322. The molecule has 0 fully saturated rings. The highest BCUT2D eigenvalue weighted by Gasteiger charge is 2.26. The van der Waals surface area contributed by atoms with Crippen LogP contribution in [0, 0.1) is 0 Å². The number of benzene rings is 1. The Kier molecular flexibility index (Phi) is 4.19. The maximum absolute atomic E-state index is 6.36. The minimum atomic E-state index is -0.322. The number of hydrogen-bond donors (Lipinski definition) is 1. The van der Waals surface area contributed by atoms with E-state index >= 15 is 0 Å². The predicted octanol–water partition coefficient (Wildman–Crippen LogP) is 2.68. The summed E-state index contributed by atoms with van der Waals surface area (Å²) in [5, 5.41) is 0. The lowest BCUT2D eigenvalue weighted by molar-refractivity contribution is 0.356. The first-order chi connectivity index (χ1) is 7.61. The number of hydrogen-bond acceptors (Lipinski definition) is 3. The lowest BCUT2D eigenvalue weighted by Crippen LogP contribution is -2.35. The molecule has 0 bridgehead atoms. The maximum Gasteiger partial charge on any atom is 0.127 e. The summed E-state index contributed by atoms with van der Waals surface area (Å²) in [6.45, 7) is 4.18. The minimum Gasteiger partial charge on any atom is -0.497 e. The van der Waals surface area contributed by atoms with Crippen LogP contribution < -0.4 is 15.2 Å². The average molecular weight is 223 g/mol. The first-order valence-electron chi connectivity index (χ1n) is 5.62. The van der Waals surface area contributed by atoms with Crippen molar-refractivity contribution in [3.63, 3.8) is 0 Å². The van der Waals surface area contributed by atoms with Crippen LogP contribution in [0.15, 0.2) is 18.2 Å². The highest BCUT2D eigenvalue weighted by atomic mass is 16.5. The normalized spacial score (nSPS) is 11.3. The van der Waals surface area contributed by atoms with E-state index in [1.165, 1.54) is 0 Å². The van der Waals surface area contributed by atoms with Crippen LogP contribution in [0.4, 0.5) is 0 Å². The van der Waals surface area contributed by atoms with Crippen LogP contribution in [0.5, 0.6) is 11.5 Å². The Morgan fingerprint density at radius 1 is 1.12 bits per heavy atom. The van der Waals surface area contributed by atoms with Crippen molar-refractivity contribution in [3.8, 4) is 11.5 Å². The van der Waals surface area contributed by atoms with Gasteiger partial charge in [-0.05, 0) is 25.0 Å². The zero-order valence-electron chi connectivity index (χ0n) is 10.5. The van der Waals surface area contributed by atoms with Crippen LogP contribution in [0.25, 0.3) is 0 Å². The van der Waals surface area contributed by atoms with Gasteiger partial charge in [0.05, 0.1) is 14.2 Å². The second-order valence-corrected chi connectivity index (χ2v) is 3.93. The lowest BCUT2D eigenvalue weighted by atomic mass is 9.85. The van der Waals surface area contributed by atoms with Crippen LogP contribution >= 0.6 is 0 Å². The fourth-order valence-electron chi connectivity index (χ4n) is 1.84. The van der Waals surface area contributed by atoms with Gasteiger partial charge in [0.1, 0.15) is 11.5 Å². The molecule has 0 spiro atoms. The SMILES string of the molecule is CCC(N)(CC)c1ccc(OC)cc1OC. The van der Waals surface area contributed by atoms with Gasteiger partial charge in [-0.3, -0.25) is 0 Å². The Bertz CT molecular complexity index is 346. The molecule has 0 unspecified atom stereocenters. The summed E-state index contributed by atoms with van der Waals surface area (Å²) in [4.78, 5) is 0. The van der Waals surface area contributed by atoms with Gasteiger partial charge in [0.25, 0.3) is 0 Å². The van der Waals surface area contributed by atoms with Crippen molar-refractivity contribution in [2.45, 2.75) is 32.2 Å². The van der Waals surface area contributed by atoms with Crippen molar-refractivity contribution in [3.05, 3.63) is 23.8 Å². The highest BCUT2D eigenvalue weighted by Crippen LogP contribution is 2.35. The molecule has 3 heteroatoms. The molecule has 0 saturated carbocycles. The van der Waals surface area contributed by atoms with E-state index in [0.717, 1.165) is 29.9 Å². The third-order valence-corrected chi connectivity index (χ3v) is 3.21. The summed E-state index contributed by atoms with van der Waals surface area (Å²) in [5.74, 6) is 1.58. The standard InChI is InChI=1S/C13H21NO2/c1-5-13(14,6-2)11-8-7-10(15-3)9-12(11)16-4/h7-9H,5-6,14H2,1-4H3. The molecular weight excluding hydrogens is 202 g/mol. The molecule has 90 valence electrons. The molecule has 0 radical (unpaired) electrons. The van der Waals surface area contributed by atoms with E-state index in [4.69, 9.17) is 15.2 Å². The first-order valence-corrected chi connectivity index (χ1v) is 5.62. The Hall–Kier alpha value is -1.22. The van der Waals surface area contributed by atoms with Crippen LogP contribution in [0.1, 0.15) is 32.3 Å². The molecule has 0 aliphatic rings. The van der Waals surface area contributed by atoms with E-state index in [1.807, 2.05) is 18.2 Å². The first kappa shape index (κ1) is 12.8. The number of methoxy groups -OCH3 is 2. The van der Waals surface area contributed by atoms with E-state index in [2.05, 4.69) is 13.8 Å². The molecule has 0 heterocycles.